The Hall–Kier alpha value is -3.16. The van der Waals surface area contributed by atoms with Crippen molar-refractivity contribution in [3.8, 4) is 0 Å². The first kappa shape index (κ1) is 23.1. The van der Waals surface area contributed by atoms with E-state index >= 15 is 0 Å². The fourth-order valence-corrected chi connectivity index (χ4v) is 2.69. The van der Waals surface area contributed by atoms with E-state index in [2.05, 4.69) is 0 Å². The normalized spacial score (nSPS) is 13.5. The van der Waals surface area contributed by atoms with Gasteiger partial charge in [0.15, 0.2) is 0 Å². The van der Waals surface area contributed by atoms with Gasteiger partial charge < -0.3 is 9.47 Å². The maximum atomic E-state index is 12.4. The largest absolute Gasteiger partial charge is 0.449 e. The van der Waals surface area contributed by atoms with Gasteiger partial charge in [-0.3, -0.25) is 14.5 Å². The molecule has 30 heavy (non-hydrogen) atoms. The Kier molecular flexibility index (Phi) is 7.74. The monoisotopic (exact) mass is 416 g/mol. The van der Waals surface area contributed by atoms with Crippen molar-refractivity contribution in [1.29, 1.82) is 0 Å². The summed E-state index contributed by atoms with van der Waals surface area (Å²) in [4.78, 5) is 51.4. The number of amides is 4. The Morgan fingerprint density at radius 1 is 1.03 bits per heavy atom. The molecule has 0 aliphatic carbocycles. The second kappa shape index (κ2) is 10.0. The van der Waals surface area contributed by atoms with Gasteiger partial charge in [0.05, 0.1) is 24.3 Å². The van der Waals surface area contributed by atoms with Crippen LogP contribution < -0.4 is 0 Å². The number of carbonyl (C=O) groups excluding carboxylic acids is 4. The Labute approximate surface area is 176 Å². The van der Waals surface area contributed by atoms with Gasteiger partial charge in [-0.25, -0.2) is 14.5 Å². The van der Waals surface area contributed by atoms with Crippen LogP contribution in [0.4, 0.5) is 9.59 Å². The van der Waals surface area contributed by atoms with E-state index in [0.717, 1.165) is 16.2 Å². The average molecular weight is 416 g/mol. The molecule has 1 aliphatic heterocycles. The second-order valence-corrected chi connectivity index (χ2v) is 7.80. The van der Waals surface area contributed by atoms with Gasteiger partial charge in [0.1, 0.15) is 5.60 Å². The van der Waals surface area contributed by atoms with Gasteiger partial charge in [0, 0.05) is 6.54 Å². The van der Waals surface area contributed by atoms with Gasteiger partial charge in [-0.2, -0.15) is 0 Å². The lowest BCUT2D eigenvalue weighted by molar-refractivity contribution is 0.0239. The lowest BCUT2D eigenvalue weighted by atomic mass is 10.1. The number of nitrogens with zero attached hydrogens (tertiary/aromatic N) is 2. The highest BCUT2D eigenvalue weighted by Gasteiger charge is 2.34. The predicted octanol–water partition coefficient (Wildman–Crippen LogP) is 4.01. The van der Waals surface area contributed by atoms with Crippen LogP contribution in [-0.4, -0.2) is 59.1 Å². The molecule has 0 aromatic heterocycles. The first-order valence-corrected chi connectivity index (χ1v) is 9.93. The van der Waals surface area contributed by atoms with Crippen molar-refractivity contribution in [3.05, 3.63) is 47.5 Å². The minimum atomic E-state index is -0.825. The van der Waals surface area contributed by atoms with Crippen molar-refractivity contribution in [2.45, 2.75) is 46.1 Å². The van der Waals surface area contributed by atoms with Gasteiger partial charge in [0.2, 0.25) is 0 Å². The van der Waals surface area contributed by atoms with Crippen molar-refractivity contribution < 1.29 is 28.7 Å². The van der Waals surface area contributed by atoms with Crippen molar-refractivity contribution in [3.63, 3.8) is 0 Å². The Bertz CT molecular complexity index is 805. The van der Waals surface area contributed by atoms with Crippen LogP contribution >= 0.6 is 0 Å². The molecule has 0 fully saturated rings. The molecule has 0 saturated carbocycles. The van der Waals surface area contributed by atoms with E-state index in [1.54, 1.807) is 51.1 Å². The molecule has 1 heterocycles. The Balaban J connectivity index is 2.01. The molecular formula is C22H28N2O6. The molecule has 0 spiro atoms. The van der Waals surface area contributed by atoms with Gasteiger partial charge in [-0.15, -0.1) is 0 Å². The summed E-state index contributed by atoms with van der Waals surface area (Å²) in [5, 5.41) is 0. The highest BCUT2D eigenvalue weighted by Crippen LogP contribution is 2.22. The van der Waals surface area contributed by atoms with Crippen LogP contribution in [0.2, 0.25) is 0 Å². The number of unbranched alkanes of at least 4 members (excludes halogenated alkanes) is 1. The highest BCUT2D eigenvalue weighted by atomic mass is 16.6. The molecule has 2 rings (SSSR count). The van der Waals surface area contributed by atoms with Gasteiger partial charge >= 0.3 is 12.2 Å². The maximum absolute atomic E-state index is 12.4. The molecule has 4 amide bonds. The minimum Gasteiger partial charge on any atom is -0.449 e. The smallest absolute Gasteiger partial charge is 0.420 e. The third-order valence-corrected chi connectivity index (χ3v) is 4.18. The molecule has 0 atom stereocenters. The zero-order valence-electron chi connectivity index (χ0n) is 17.8. The molecule has 0 N–H and O–H groups in total. The molecule has 8 nitrogen and oxygen atoms in total. The number of rotatable bonds is 7. The minimum absolute atomic E-state index is 0.0272. The van der Waals surface area contributed by atoms with E-state index < -0.39 is 17.8 Å². The van der Waals surface area contributed by atoms with Crippen molar-refractivity contribution in [2.75, 3.05) is 19.7 Å². The second-order valence-electron chi connectivity index (χ2n) is 7.80. The first-order valence-electron chi connectivity index (χ1n) is 9.93. The quantitative estimate of drug-likeness (QED) is 0.379. The Morgan fingerprint density at radius 3 is 2.17 bits per heavy atom. The topological polar surface area (TPSA) is 93.2 Å². The van der Waals surface area contributed by atoms with Gasteiger partial charge in [-0.05, 0) is 39.3 Å². The number of hydrogen-bond donors (Lipinski definition) is 0. The zero-order valence-corrected chi connectivity index (χ0v) is 17.8. The van der Waals surface area contributed by atoms with Crippen LogP contribution in [0, 0.1) is 0 Å². The summed E-state index contributed by atoms with van der Waals surface area (Å²) in [6, 6.07) is 6.62. The van der Waals surface area contributed by atoms with Crippen LogP contribution in [0.15, 0.2) is 36.4 Å². The maximum Gasteiger partial charge on any atom is 0.420 e. The summed E-state index contributed by atoms with van der Waals surface area (Å²) < 4.78 is 10.4. The fourth-order valence-electron chi connectivity index (χ4n) is 2.69. The number of ether oxygens (including phenoxy) is 2. The fraction of sp³-hybridized carbons (Fsp3) is 0.455. The van der Waals surface area contributed by atoms with E-state index in [1.165, 1.54) is 6.08 Å². The number of imide groups is 2. The highest BCUT2D eigenvalue weighted by molar-refractivity contribution is 6.21. The number of hydrogen-bond acceptors (Lipinski definition) is 6. The number of carbonyl (C=O) groups is 4. The van der Waals surface area contributed by atoms with Gasteiger partial charge in [0.25, 0.3) is 11.8 Å². The first-order chi connectivity index (χ1) is 14.2. The zero-order chi connectivity index (χ0) is 22.3. The van der Waals surface area contributed by atoms with E-state index in [1.807, 2.05) is 6.92 Å². The number of fused-ring (bicyclic) bond motifs is 1. The SMILES string of the molecule is CCCCOC(=O)N(C/C=C/CN1C(=O)c2ccccc2C1=O)C(=O)OC(C)(C)C. The van der Waals surface area contributed by atoms with Crippen LogP contribution in [0.5, 0.6) is 0 Å². The summed E-state index contributed by atoms with van der Waals surface area (Å²) in [5.41, 5.74) is -0.0420. The third-order valence-electron chi connectivity index (χ3n) is 4.18. The molecule has 1 aromatic rings. The van der Waals surface area contributed by atoms with Crippen molar-refractivity contribution >= 4 is 24.0 Å². The standard InChI is InChI=1S/C22H28N2O6/c1-5-6-15-29-20(27)24(21(28)30-22(2,3)4)14-10-9-13-23-18(25)16-11-7-8-12-17(16)19(23)26/h7-12H,5-6,13-15H2,1-4H3/b10-9+. The van der Waals surface area contributed by atoms with Crippen LogP contribution in [0.1, 0.15) is 61.3 Å². The van der Waals surface area contributed by atoms with Crippen LogP contribution in [-0.2, 0) is 9.47 Å². The summed E-state index contributed by atoms with van der Waals surface area (Å²) >= 11 is 0. The summed E-state index contributed by atoms with van der Waals surface area (Å²) in [6.07, 6.45) is 2.98. The molecule has 0 unspecified atom stereocenters. The Morgan fingerprint density at radius 2 is 1.63 bits per heavy atom. The van der Waals surface area contributed by atoms with E-state index in [9.17, 15) is 19.2 Å². The van der Waals surface area contributed by atoms with E-state index in [-0.39, 0.29) is 31.5 Å². The molecule has 162 valence electrons. The summed E-state index contributed by atoms with van der Waals surface area (Å²) in [5.74, 6) is -0.744. The van der Waals surface area contributed by atoms with Crippen molar-refractivity contribution in [1.82, 2.24) is 9.80 Å². The number of benzene rings is 1. The molecule has 0 saturated heterocycles. The molecule has 0 bridgehead atoms. The molecule has 8 heteroatoms. The lowest BCUT2D eigenvalue weighted by Gasteiger charge is -2.25. The molecule has 1 aliphatic rings. The predicted molar refractivity (Wildman–Crippen MR) is 110 cm³/mol. The van der Waals surface area contributed by atoms with E-state index in [0.29, 0.717) is 17.5 Å². The van der Waals surface area contributed by atoms with Crippen molar-refractivity contribution in [2.24, 2.45) is 0 Å². The lowest BCUT2D eigenvalue weighted by Crippen LogP contribution is -2.41. The average Bonchev–Trinajstić information content (AvgIpc) is 2.91. The van der Waals surface area contributed by atoms with Gasteiger partial charge in [-0.1, -0.05) is 37.6 Å². The van der Waals surface area contributed by atoms with E-state index in [4.69, 9.17) is 9.47 Å². The molecule has 1 aromatic carbocycles. The van der Waals surface area contributed by atoms with Crippen LogP contribution in [0.25, 0.3) is 0 Å². The van der Waals surface area contributed by atoms with Crippen LogP contribution in [0.3, 0.4) is 0 Å². The summed E-state index contributed by atoms with van der Waals surface area (Å²) in [7, 11) is 0. The third kappa shape index (κ3) is 5.92. The molecular weight excluding hydrogens is 388 g/mol. The summed E-state index contributed by atoms with van der Waals surface area (Å²) in [6.45, 7) is 7.17. The molecule has 0 radical (unpaired) electrons.